The van der Waals surface area contributed by atoms with E-state index in [1.165, 1.54) is 25.0 Å². The molecule has 1 aromatic rings. The Morgan fingerprint density at radius 2 is 2.06 bits per heavy atom. The molecular formula is C12H14BrF2N. The van der Waals surface area contributed by atoms with Gasteiger partial charge in [0.05, 0.1) is 0 Å². The lowest BCUT2D eigenvalue weighted by molar-refractivity contribution is 0.268. The van der Waals surface area contributed by atoms with Crippen LogP contribution in [0, 0.1) is 11.6 Å². The number of hydrogen-bond donors (Lipinski definition) is 0. The van der Waals surface area contributed by atoms with Crippen LogP contribution in [0.2, 0.25) is 0 Å². The maximum atomic E-state index is 13.5. The fourth-order valence-corrected chi connectivity index (χ4v) is 2.26. The maximum Gasteiger partial charge on any atom is 0.130 e. The average Bonchev–Trinajstić information content (AvgIpc) is 3.04. The van der Waals surface area contributed by atoms with Crippen molar-refractivity contribution in [3.05, 3.63) is 35.4 Å². The van der Waals surface area contributed by atoms with Gasteiger partial charge in [-0.05, 0) is 18.9 Å². The van der Waals surface area contributed by atoms with Gasteiger partial charge >= 0.3 is 0 Å². The molecule has 0 atom stereocenters. The highest BCUT2D eigenvalue weighted by molar-refractivity contribution is 9.09. The molecule has 0 spiro atoms. The summed E-state index contributed by atoms with van der Waals surface area (Å²) in [6.45, 7) is 1.48. The molecule has 16 heavy (non-hydrogen) atoms. The molecule has 0 bridgehead atoms. The van der Waals surface area contributed by atoms with Crippen molar-refractivity contribution in [3.63, 3.8) is 0 Å². The summed E-state index contributed by atoms with van der Waals surface area (Å²) in [7, 11) is 0. The molecular weight excluding hydrogens is 276 g/mol. The van der Waals surface area contributed by atoms with E-state index in [4.69, 9.17) is 0 Å². The van der Waals surface area contributed by atoms with Crippen LogP contribution in [0.3, 0.4) is 0 Å². The molecule has 0 radical (unpaired) electrons. The van der Waals surface area contributed by atoms with Crippen LogP contribution in [0.15, 0.2) is 18.2 Å². The monoisotopic (exact) mass is 289 g/mol. The smallest absolute Gasteiger partial charge is 0.130 e. The van der Waals surface area contributed by atoms with E-state index < -0.39 is 11.6 Å². The number of halogens is 3. The summed E-state index contributed by atoms with van der Waals surface area (Å²) in [6.07, 6.45) is 2.38. The van der Waals surface area contributed by atoms with Gasteiger partial charge in [0.15, 0.2) is 0 Å². The first-order valence-corrected chi connectivity index (χ1v) is 6.57. The van der Waals surface area contributed by atoms with Gasteiger partial charge in [0.2, 0.25) is 0 Å². The van der Waals surface area contributed by atoms with Crippen molar-refractivity contribution in [2.75, 3.05) is 11.9 Å². The van der Waals surface area contributed by atoms with E-state index >= 15 is 0 Å². The minimum absolute atomic E-state index is 0.444. The second-order valence-corrected chi connectivity index (χ2v) is 4.92. The van der Waals surface area contributed by atoms with Gasteiger partial charge in [0.1, 0.15) is 11.6 Å². The Morgan fingerprint density at radius 1 is 1.31 bits per heavy atom. The van der Waals surface area contributed by atoms with Gasteiger partial charge in [-0.15, -0.1) is 0 Å². The summed E-state index contributed by atoms with van der Waals surface area (Å²) in [5.41, 5.74) is 0.578. The molecule has 1 fully saturated rings. The van der Waals surface area contributed by atoms with E-state index in [-0.39, 0.29) is 0 Å². The molecule has 0 aliphatic heterocycles. The van der Waals surface area contributed by atoms with E-state index in [1.807, 2.05) is 0 Å². The minimum atomic E-state index is -0.514. The average molecular weight is 290 g/mol. The molecule has 0 unspecified atom stereocenters. The lowest BCUT2D eigenvalue weighted by Crippen LogP contribution is -2.27. The van der Waals surface area contributed by atoms with Gasteiger partial charge in [0.25, 0.3) is 0 Å². The van der Waals surface area contributed by atoms with E-state index in [1.54, 1.807) is 0 Å². The Labute approximate surface area is 103 Å². The van der Waals surface area contributed by atoms with Gasteiger partial charge in [-0.2, -0.15) is 0 Å². The minimum Gasteiger partial charge on any atom is -0.295 e. The van der Waals surface area contributed by atoms with Crippen molar-refractivity contribution < 1.29 is 8.78 Å². The highest BCUT2D eigenvalue weighted by atomic mass is 79.9. The molecule has 1 aliphatic carbocycles. The van der Waals surface area contributed by atoms with Crippen LogP contribution in [0.5, 0.6) is 0 Å². The topological polar surface area (TPSA) is 3.24 Å². The first kappa shape index (κ1) is 12.0. The zero-order valence-electron chi connectivity index (χ0n) is 8.93. The third-order valence-electron chi connectivity index (χ3n) is 2.82. The quantitative estimate of drug-likeness (QED) is 0.752. The molecule has 88 valence electrons. The molecule has 2 rings (SSSR count). The SMILES string of the molecule is Fc1ccc(CN(CCBr)C2CC2)c(F)c1. The Bertz CT molecular complexity index is 366. The Kier molecular flexibility index (Phi) is 3.92. The van der Waals surface area contributed by atoms with Gasteiger partial charge in [-0.3, -0.25) is 4.90 Å². The summed E-state index contributed by atoms with van der Waals surface area (Å²) in [5.74, 6) is -0.958. The van der Waals surface area contributed by atoms with Crippen molar-refractivity contribution in [2.24, 2.45) is 0 Å². The molecule has 4 heteroatoms. The fourth-order valence-electron chi connectivity index (χ4n) is 1.81. The van der Waals surface area contributed by atoms with Gasteiger partial charge in [0, 0.05) is 36.1 Å². The lowest BCUT2D eigenvalue weighted by atomic mass is 10.2. The number of alkyl halides is 1. The van der Waals surface area contributed by atoms with Crippen molar-refractivity contribution in [3.8, 4) is 0 Å². The zero-order chi connectivity index (χ0) is 11.5. The first-order valence-electron chi connectivity index (χ1n) is 5.44. The molecule has 0 amide bonds. The van der Waals surface area contributed by atoms with Crippen LogP contribution in [-0.4, -0.2) is 22.8 Å². The molecule has 1 nitrogen and oxygen atoms in total. The number of rotatable bonds is 5. The summed E-state index contributed by atoms with van der Waals surface area (Å²) >= 11 is 3.39. The number of benzene rings is 1. The van der Waals surface area contributed by atoms with Crippen LogP contribution in [-0.2, 0) is 6.54 Å². The zero-order valence-corrected chi connectivity index (χ0v) is 10.5. The first-order chi connectivity index (χ1) is 7.70. The Hall–Kier alpha value is -0.480. The summed E-state index contributed by atoms with van der Waals surface area (Å²) in [5, 5.41) is 0.881. The van der Waals surface area contributed by atoms with E-state index in [0.717, 1.165) is 17.9 Å². The van der Waals surface area contributed by atoms with Gasteiger partial charge in [-0.25, -0.2) is 8.78 Å². The van der Waals surface area contributed by atoms with E-state index in [9.17, 15) is 8.78 Å². The molecule has 0 heterocycles. The van der Waals surface area contributed by atoms with Crippen LogP contribution >= 0.6 is 15.9 Å². The van der Waals surface area contributed by atoms with Crippen LogP contribution < -0.4 is 0 Å². The maximum absolute atomic E-state index is 13.5. The summed E-state index contributed by atoms with van der Waals surface area (Å²) in [6, 6.07) is 4.39. The van der Waals surface area contributed by atoms with E-state index in [0.29, 0.717) is 18.2 Å². The lowest BCUT2D eigenvalue weighted by Gasteiger charge is -2.21. The van der Waals surface area contributed by atoms with Crippen LogP contribution in [0.4, 0.5) is 8.78 Å². The van der Waals surface area contributed by atoms with Gasteiger partial charge < -0.3 is 0 Å². The normalized spacial score (nSPS) is 15.8. The molecule has 1 aromatic carbocycles. The van der Waals surface area contributed by atoms with Crippen LogP contribution in [0.25, 0.3) is 0 Å². The number of hydrogen-bond acceptors (Lipinski definition) is 1. The van der Waals surface area contributed by atoms with Gasteiger partial charge in [-0.1, -0.05) is 22.0 Å². The third kappa shape index (κ3) is 3.01. The molecule has 0 aromatic heterocycles. The highest BCUT2D eigenvalue weighted by Gasteiger charge is 2.28. The highest BCUT2D eigenvalue weighted by Crippen LogP contribution is 2.28. The fraction of sp³-hybridized carbons (Fsp3) is 0.500. The van der Waals surface area contributed by atoms with Crippen molar-refractivity contribution >= 4 is 15.9 Å². The molecule has 1 saturated carbocycles. The van der Waals surface area contributed by atoms with Crippen molar-refractivity contribution in [1.82, 2.24) is 4.90 Å². The molecule has 0 saturated heterocycles. The predicted octanol–water partition coefficient (Wildman–Crippen LogP) is 3.32. The van der Waals surface area contributed by atoms with Crippen LogP contribution in [0.1, 0.15) is 18.4 Å². The molecule has 0 N–H and O–H groups in total. The summed E-state index contributed by atoms with van der Waals surface area (Å²) < 4.78 is 26.2. The third-order valence-corrected chi connectivity index (χ3v) is 3.18. The van der Waals surface area contributed by atoms with E-state index in [2.05, 4.69) is 20.8 Å². The summed E-state index contributed by atoms with van der Waals surface area (Å²) in [4.78, 5) is 2.24. The second kappa shape index (κ2) is 5.23. The largest absolute Gasteiger partial charge is 0.295 e. The standard InChI is InChI=1S/C12H14BrF2N/c13-5-6-16(11-3-4-11)8-9-1-2-10(14)7-12(9)15/h1-2,7,11H,3-6,8H2. The Morgan fingerprint density at radius 3 is 2.62 bits per heavy atom. The van der Waals surface area contributed by atoms with Crippen molar-refractivity contribution in [2.45, 2.75) is 25.4 Å². The second-order valence-electron chi connectivity index (χ2n) is 4.13. The number of nitrogens with zero attached hydrogens (tertiary/aromatic N) is 1. The predicted molar refractivity (Wildman–Crippen MR) is 63.6 cm³/mol. The Balaban J connectivity index is 2.05. The van der Waals surface area contributed by atoms with Crippen molar-refractivity contribution in [1.29, 1.82) is 0 Å². The molecule has 1 aliphatic rings.